The van der Waals surface area contributed by atoms with Crippen LogP contribution in [-0.2, 0) is 6.54 Å². The van der Waals surface area contributed by atoms with Crippen molar-refractivity contribution in [1.29, 1.82) is 0 Å². The smallest absolute Gasteiger partial charge is 0.276 e. The summed E-state index contributed by atoms with van der Waals surface area (Å²) in [6.07, 6.45) is 9.65. The summed E-state index contributed by atoms with van der Waals surface area (Å²) < 4.78 is 1.71. The van der Waals surface area contributed by atoms with Gasteiger partial charge in [-0.1, -0.05) is 61.1 Å². The minimum atomic E-state index is 0.0191. The number of hydrogen-bond acceptors (Lipinski definition) is 3. The Kier molecular flexibility index (Phi) is 5.25. The van der Waals surface area contributed by atoms with Gasteiger partial charge < -0.3 is 4.90 Å². The SMILES string of the molecule is O=C(c1cn(Cc2ccc(Cl)cc2)nn1)N1CC[C@H](C2CCCCC2)C1. The van der Waals surface area contributed by atoms with E-state index >= 15 is 0 Å². The van der Waals surface area contributed by atoms with Crippen LogP contribution < -0.4 is 0 Å². The predicted octanol–water partition coefficient (Wildman–Crippen LogP) is 4.02. The highest BCUT2D eigenvalue weighted by molar-refractivity contribution is 6.30. The van der Waals surface area contributed by atoms with Crippen LogP contribution in [0.2, 0.25) is 5.02 Å². The standard InChI is InChI=1S/C20H25ClN4O/c21-18-8-6-15(7-9-18)12-25-14-19(22-23-25)20(26)24-11-10-17(13-24)16-4-2-1-3-5-16/h6-9,14,16-17H,1-5,10-13H2/t17-/m0/s1. The first-order valence-corrected chi connectivity index (χ1v) is 10.0. The molecular weight excluding hydrogens is 348 g/mol. The van der Waals surface area contributed by atoms with Gasteiger partial charge in [-0.15, -0.1) is 5.10 Å². The Balaban J connectivity index is 1.36. The molecule has 0 radical (unpaired) electrons. The van der Waals surface area contributed by atoms with Gasteiger partial charge in [0.1, 0.15) is 0 Å². The molecule has 2 heterocycles. The number of aromatic nitrogens is 3. The van der Waals surface area contributed by atoms with Gasteiger partial charge in [0.25, 0.3) is 5.91 Å². The van der Waals surface area contributed by atoms with E-state index in [-0.39, 0.29) is 5.91 Å². The summed E-state index contributed by atoms with van der Waals surface area (Å²) in [7, 11) is 0. The van der Waals surface area contributed by atoms with Crippen LogP contribution >= 0.6 is 11.6 Å². The zero-order valence-corrected chi connectivity index (χ0v) is 15.7. The van der Waals surface area contributed by atoms with E-state index in [9.17, 15) is 4.79 Å². The van der Waals surface area contributed by atoms with E-state index in [0.29, 0.717) is 23.2 Å². The molecule has 0 N–H and O–H groups in total. The first kappa shape index (κ1) is 17.5. The monoisotopic (exact) mass is 372 g/mol. The highest BCUT2D eigenvalue weighted by Gasteiger charge is 2.33. The summed E-state index contributed by atoms with van der Waals surface area (Å²) in [5.74, 6) is 1.50. The predicted molar refractivity (Wildman–Crippen MR) is 101 cm³/mol. The van der Waals surface area contributed by atoms with E-state index in [2.05, 4.69) is 10.3 Å². The molecule has 2 aliphatic rings. The van der Waals surface area contributed by atoms with Gasteiger partial charge in [-0.2, -0.15) is 0 Å². The summed E-state index contributed by atoms with van der Waals surface area (Å²) in [4.78, 5) is 14.7. The van der Waals surface area contributed by atoms with Crippen LogP contribution in [0.1, 0.15) is 54.6 Å². The van der Waals surface area contributed by atoms with Gasteiger partial charge >= 0.3 is 0 Å². The van der Waals surface area contributed by atoms with E-state index < -0.39 is 0 Å². The first-order chi connectivity index (χ1) is 12.7. The average molecular weight is 373 g/mol. The van der Waals surface area contributed by atoms with E-state index in [1.807, 2.05) is 29.2 Å². The molecule has 1 aliphatic heterocycles. The summed E-state index contributed by atoms with van der Waals surface area (Å²) in [6.45, 7) is 2.32. The third-order valence-corrected chi connectivity index (χ3v) is 6.10. The zero-order valence-electron chi connectivity index (χ0n) is 15.0. The van der Waals surface area contributed by atoms with Crippen molar-refractivity contribution in [2.45, 2.75) is 45.1 Å². The van der Waals surface area contributed by atoms with Crippen molar-refractivity contribution < 1.29 is 4.79 Å². The molecule has 1 aliphatic carbocycles. The van der Waals surface area contributed by atoms with Crippen molar-refractivity contribution in [3.8, 4) is 0 Å². The maximum atomic E-state index is 12.8. The van der Waals surface area contributed by atoms with Crippen LogP contribution in [0, 0.1) is 11.8 Å². The summed E-state index contributed by atoms with van der Waals surface area (Å²) in [5, 5.41) is 8.94. The van der Waals surface area contributed by atoms with Crippen molar-refractivity contribution in [1.82, 2.24) is 19.9 Å². The van der Waals surface area contributed by atoms with Gasteiger partial charge in [0, 0.05) is 18.1 Å². The second-order valence-corrected chi connectivity index (χ2v) is 8.06. The Morgan fingerprint density at radius 1 is 1.08 bits per heavy atom. The van der Waals surface area contributed by atoms with E-state index in [4.69, 9.17) is 11.6 Å². The number of nitrogens with zero attached hydrogens (tertiary/aromatic N) is 4. The van der Waals surface area contributed by atoms with Crippen molar-refractivity contribution >= 4 is 17.5 Å². The summed E-state index contributed by atoms with van der Waals surface area (Å²) in [5.41, 5.74) is 1.53. The number of carbonyl (C=O) groups is 1. The lowest BCUT2D eigenvalue weighted by molar-refractivity contribution is 0.0773. The lowest BCUT2D eigenvalue weighted by atomic mass is 9.80. The molecule has 1 amide bonds. The maximum absolute atomic E-state index is 12.8. The van der Waals surface area contributed by atoms with Crippen molar-refractivity contribution in [2.75, 3.05) is 13.1 Å². The summed E-state index contributed by atoms with van der Waals surface area (Å²) >= 11 is 5.92. The van der Waals surface area contributed by atoms with Crippen LogP contribution in [0.3, 0.4) is 0 Å². The minimum Gasteiger partial charge on any atom is -0.337 e. The van der Waals surface area contributed by atoms with E-state index in [1.165, 1.54) is 32.1 Å². The fourth-order valence-electron chi connectivity index (χ4n) is 4.37. The molecule has 0 unspecified atom stereocenters. The number of halogens is 1. The Labute approximate surface area is 159 Å². The molecule has 6 heteroatoms. The van der Waals surface area contributed by atoms with Crippen LogP contribution in [-0.4, -0.2) is 38.9 Å². The quantitative estimate of drug-likeness (QED) is 0.814. The van der Waals surface area contributed by atoms with E-state index in [1.54, 1.807) is 10.9 Å². The van der Waals surface area contributed by atoms with Crippen molar-refractivity contribution in [3.05, 3.63) is 46.7 Å². The van der Waals surface area contributed by atoms with Crippen molar-refractivity contribution in [2.24, 2.45) is 11.8 Å². The Hall–Kier alpha value is -1.88. The Morgan fingerprint density at radius 2 is 1.85 bits per heavy atom. The van der Waals surface area contributed by atoms with E-state index in [0.717, 1.165) is 31.0 Å². The average Bonchev–Trinajstić information content (AvgIpc) is 3.34. The van der Waals surface area contributed by atoms with Gasteiger partial charge in [-0.05, 0) is 36.0 Å². The maximum Gasteiger partial charge on any atom is 0.276 e. The molecule has 4 rings (SSSR count). The van der Waals surface area contributed by atoms with Gasteiger partial charge in [-0.3, -0.25) is 4.79 Å². The molecule has 1 aromatic carbocycles. The van der Waals surface area contributed by atoms with Crippen LogP contribution in [0.25, 0.3) is 0 Å². The lowest BCUT2D eigenvalue weighted by Gasteiger charge is -2.27. The number of likely N-dealkylation sites (tertiary alicyclic amines) is 1. The molecule has 0 spiro atoms. The zero-order chi connectivity index (χ0) is 17.9. The molecule has 2 fully saturated rings. The van der Waals surface area contributed by atoms with Crippen LogP contribution in [0.15, 0.2) is 30.5 Å². The molecule has 138 valence electrons. The second-order valence-electron chi connectivity index (χ2n) is 7.63. The molecule has 1 aromatic heterocycles. The van der Waals surface area contributed by atoms with Gasteiger partial charge in [0.2, 0.25) is 0 Å². The molecule has 5 nitrogen and oxygen atoms in total. The highest BCUT2D eigenvalue weighted by atomic mass is 35.5. The molecule has 1 saturated carbocycles. The fourth-order valence-corrected chi connectivity index (χ4v) is 4.50. The number of benzene rings is 1. The largest absolute Gasteiger partial charge is 0.337 e. The normalized spacial score (nSPS) is 21.3. The summed E-state index contributed by atoms with van der Waals surface area (Å²) in [6, 6.07) is 7.63. The molecule has 2 aromatic rings. The van der Waals surface area contributed by atoms with Crippen molar-refractivity contribution in [3.63, 3.8) is 0 Å². The fraction of sp³-hybridized carbons (Fsp3) is 0.550. The minimum absolute atomic E-state index is 0.0191. The molecular formula is C20H25ClN4O. The highest BCUT2D eigenvalue weighted by Crippen LogP contribution is 2.35. The number of hydrogen-bond donors (Lipinski definition) is 0. The van der Waals surface area contributed by atoms with Gasteiger partial charge in [0.15, 0.2) is 5.69 Å². The molecule has 1 saturated heterocycles. The third-order valence-electron chi connectivity index (χ3n) is 5.84. The number of rotatable bonds is 4. The topological polar surface area (TPSA) is 51.0 Å². The third kappa shape index (κ3) is 3.93. The number of amides is 1. The first-order valence-electron chi connectivity index (χ1n) is 9.63. The molecule has 0 bridgehead atoms. The molecule has 26 heavy (non-hydrogen) atoms. The second kappa shape index (κ2) is 7.78. The van der Waals surface area contributed by atoms with Gasteiger partial charge in [-0.25, -0.2) is 4.68 Å². The Bertz CT molecular complexity index is 751. The number of carbonyl (C=O) groups excluding carboxylic acids is 1. The molecule has 1 atom stereocenters. The van der Waals surface area contributed by atoms with Crippen LogP contribution in [0.4, 0.5) is 0 Å². The van der Waals surface area contributed by atoms with Gasteiger partial charge in [0.05, 0.1) is 12.7 Å². The lowest BCUT2D eigenvalue weighted by Crippen LogP contribution is -2.30. The Morgan fingerprint density at radius 3 is 2.62 bits per heavy atom. The van der Waals surface area contributed by atoms with Crippen LogP contribution in [0.5, 0.6) is 0 Å².